The molecule has 1 rings (SSSR count). The van der Waals surface area contributed by atoms with Crippen LogP contribution in [-0.2, 0) is 5.41 Å². The molecule has 2 N–H and O–H groups in total. The molecule has 0 radical (unpaired) electrons. The summed E-state index contributed by atoms with van der Waals surface area (Å²) in [7, 11) is 4.06. The van der Waals surface area contributed by atoms with Gasteiger partial charge >= 0.3 is 0 Å². The molecule has 0 aromatic heterocycles. The second kappa shape index (κ2) is 6.53. The van der Waals surface area contributed by atoms with Crippen LogP contribution >= 0.6 is 0 Å². The van der Waals surface area contributed by atoms with Gasteiger partial charge in [-0.2, -0.15) is 0 Å². The van der Waals surface area contributed by atoms with Crippen molar-refractivity contribution in [2.24, 2.45) is 0 Å². The normalized spacial score (nSPS) is 13.6. The number of aryl methyl sites for hydroxylation is 2. The Morgan fingerprint density at radius 1 is 1.05 bits per heavy atom. The van der Waals surface area contributed by atoms with Crippen LogP contribution in [0.5, 0.6) is 0 Å². The highest BCUT2D eigenvalue weighted by Crippen LogP contribution is 2.30. The second-order valence-electron chi connectivity index (χ2n) is 6.51. The molecule has 0 aliphatic rings. The molecule has 1 unspecified atom stereocenters. The van der Waals surface area contributed by atoms with Gasteiger partial charge in [-0.25, -0.2) is 0 Å². The third-order valence-corrected chi connectivity index (χ3v) is 3.84. The highest BCUT2D eigenvalue weighted by molar-refractivity contribution is 5.42. The van der Waals surface area contributed by atoms with Crippen molar-refractivity contribution < 1.29 is 0 Å². The average molecular weight is 262 g/mol. The minimum Gasteiger partial charge on any atom is -0.320 e. The molecule has 1 aromatic carbocycles. The maximum absolute atomic E-state index is 3.45. The number of rotatable bonds is 5. The molecule has 1 aromatic rings. The number of benzene rings is 1. The Balaban J connectivity index is 3.15. The van der Waals surface area contributed by atoms with Crippen LogP contribution in [0.2, 0.25) is 0 Å². The SMILES string of the molecule is CNCCC(NC)c1c(C)cc(C(C)(C)C)cc1C. The van der Waals surface area contributed by atoms with Gasteiger partial charge < -0.3 is 10.6 Å². The fourth-order valence-corrected chi connectivity index (χ4v) is 2.68. The van der Waals surface area contributed by atoms with Crippen LogP contribution in [0.1, 0.15) is 55.5 Å². The molecule has 0 amide bonds. The Morgan fingerprint density at radius 3 is 1.95 bits per heavy atom. The first-order chi connectivity index (χ1) is 8.81. The first kappa shape index (κ1) is 16.2. The molecule has 19 heavy (non-hydrogen) atoms. The summed E-state index contributed by atoms with van der Waals surface area (Å²) in [5.41, 5.74) is 5.91. The summed E-state index contributed by atoms with van der Waals surface area (Å²) < 4.78 is 0. The highest BCUT2D eigenvalue weighted by atomic mass is 14.9. The molecule has 0 bridgehead atoms. The molecule has 0 aliphatic carbocycles. The van der Waals surface area contributed by atoms with E-state index in [1.807, 2.05) is 7.05 Å². The smallest absolute Gasteiger partial charge is 0.0334 e. The minimum absolute atomic E-state index is 0.216. The lowest BCUT2D eigenvalue weighted by Gasteiger charge is -2.26. The van der Waals surface area contributed by atoms with Crippen LogP contribution in [0.4, 0.5) is 0 Å². The van der Waals surface area contributed by atoms with E-state index in [1.165, 1.54) is 22.3 Å². The van der Waals surface area contributed by atoms with Gasteiger partial charge in [-0.05, 0) is 68.6 Å². The van der Waals surface area contributed by atoms with E-state index in [1.54, 1.807) is 0 Å². The maximum atomic E-state index is 3.45. The van der Waals surface area contributed by atoms with Crippen molar-refractivity contribution in [1.82, 2.24) is 10.6 Å². The van der Waals surface area contributed by atoms with Crippen molar-refractivity contribution in [3.63, 3.8) is 0 Å². The standard InChI is InChI=1S/C17H30N2/c1-12-10-14(17(3,4)5)11-13(2)16(12)15(19-7)8-9-18-6/h10-11,15,18-19H,8-9H2,1-7H3. The van der Waals surface area contributed by atoms with Crippen molar-refractivity contribution in [1.29, 1.82) is 0 Å². The van der Waals surface area contributed by atoms with Gasteiger partial charge in [0.25, 0.3) is 0 Å². The Labute approximate surface area is 119 Å². The maximum Gasteiger partial charge on any atom is 0.0334 e. The van der Waals surface area contributed by atoms with E-state index < -0.39 is 0 Å². The Bertz CT molecular complexity index is 393. The van der Waals surface area contributed by atoms with Gasteiger partial charge in [0.2, 0.25) is 0 Å². The lowest BCUT2D eigenvalue weighted by molar-refractivity contribution is 0.527. The lowest BCUT2D eigenvalue weighted by Crippen LogP contribution is -2.23. The topological polar surface area (TPSA) is 24.1 Å². The third kappa shape index (κ3) is 4.05. The van der Waals surface area contributed by atoms with Crippen LogP contribution in [0, 0.1) is 13.8 Å². The third-order valence-electron chi connectivity index (χ3n) is 3.84. The van der Waals surface area contributed by atoms with Gasteiger partial charge in [0.15, 0.2) is 0 Å². The molecule has 2 heteroatoms. The van der Waals surface area contributed by atoms with E-state index in [0.29, 0.717) is 6.04 Å². The average Bonchev–Trinajstić information content (AvgIpc) is 2.31. The van der Waals surface area contributed by atoms with Gasteiger partial charge in [0.05, 0.1) is 0 Å². The Morgan fingerprint density at radius 2 is 1.58 bits per heavy atom. The number of hydrogen-bond donors (Lipinski definition) is 2. The predicted octanol–water partition coefficient (Wildman–Crippen LogP) is 3.47. The summed E-state index contributed by atoms with van der Waals surface area (Å²) in [6, 6.07) is 5.14. The summed E-state index contributed by atoms with van der Waals surface area (Å²) in [6.45, 7) is 12.3. The molecule has 0 aliphatic heterocycles. The second-order valence-corrected chi connectivity index (χ2v) is 6.51. The lowest BCUT2D eigenvalue weighted by atomic mass is 9.82. The summed E-state index contributed by atoms with van der Waals surface area (Å²) in [5.74, 6) is 0. The van der Waals surface area contributed by atoms with E-state index in [-0.39, 0.29) is 5.41 Å². The number of hydrogen-bond acceptors (Lipinski definition) is 2. The van der Waals surface area contributed by atoms with Crippen molar-refractivity contribution >= 4 is 0 Å². The van der Waals surface area contributed by atoms with E-state index >= 15 is 0 Å². The molecular weight excluding hydrogens is 232 g/mol. The van der Waals surface area contributed by atoms with E-state index in [9.17, 15) is 0 Å². The van der Waals surface area contributed by atoms with Crippen LogP contribution in [0.3, 0.4) is 0 Å². The van der Waals surface area contributed by atoms with Crippen molar-refractivity contribution in [2.75, 3.05) is 20.6 Å². The molecule has 0 heterocycles. The van der Waals surface area contributed by atoms with Gasteiger partial charge in [0, 0.05) is 6.04 Å². The Hall–Kier alpha value is -0.860. The van der Waals surface area contributed by atoms with Crippen LogP contribution in [-0.4, -0.2) is 20.6 Å². The zero-order valence-electron chi connectivity index (χ0n) is 13.6. The van der Waals surface area contributed by atoms with Gasteiger partial charge in [-0.15, -0.1) is 0 Å². The van der Waals surface area contributed by atoms with Crippen molar-refractivity contribution in [3.05, 3.63) is 34.4 Å². The fraction of sp³-hybridized carbons (Fsp3) is 0.647. The molecule has 2 nitrogen and oxygen atoms in total. The molecule has 1 atom stereocenters. The highest BCUT2D eigenvalue weighted by Gasteiger charge is 2.19. The molecular formula is C17H30N2. The largest absolute Gasteiger partial charge is 0.320 e. The molecule has 108 valence electrons. The van der Waals surface area contributed by atoms with E-state index in [0.717, 1.165) is 13.0 Å². The minimum atomic E-state index is 0.216. The van der Waals surface area contributed by atoms with Gasteiger partial charge in [0.1, 0.15) is 0 Å². The van der Waals surface area contributed by atoms with Crippen LogP contribution < -0.4 is 10.6 Å². The molecule has 0 saturated heterocycles. The first-order valence-corrected chi connectivity index (χ1v) is 7.24. The van der Waals surface area contributed by atoms with E-state index in [4.69, 9.17) is 0 Å². The van der Waals surface area contributed by atoms with Crippen LogP contribution in [0.25, 0.3) is 0 Å². The van der Waals surface area contributed by atoms with Crippen molar-refractivity contribution in [3.8, 4) is 0 Å². The molecule has 0 saturated carbocycles. The Kier molecular flexibility index (Phi) is 5.57. The summed E-state index contributed by atoms with van der Waals surface area (Å²) in [4.78, 5) is 0. The first-order valence-electron chi connectivity index (χ1n) is 7.24. The number of nitrogens with one attached hydrogen (secondary N) is 2. The van der Waals surface area contributed by atoms with Gasteiger partial charge in [-0.3, -0.25) is 0 Å². The van der Waals surface area contributed by atoms with Gasteiger partial charge in [-0.1, -0.05) is 32.9 Å². The predicted molar refractivity (Wildman–Crippen MR) is 85.0 cm³/mol. The van der Waals surface area contributed by atoms with Crippen LogP contribution in [0.15, 0.2) is 12.1 Å². The zero-order valence-corrected chi connectivity index (χ0v) is 13.6. The van der Waals surface area contributed by atoms with E-state index in [2.05, 4.69) is 64.4 Å². The fourth-order valence-electron chi connectivity index (χ4n) is 2.68. The quantitative estimate of drug-likeness (QED) is 0.849. The van der Waals surface area contributed by atoms with Crippen molar-refractivity contribution in [2.45, 2.75) is 52.5 Å². The zero-order chi connectivity index (χ0) is 14.6. The summed E-state index contributed by atoms with van der Waals surface area (Å²) in [5, 5.41) is 6.69. The molecule has 0 fully saturated rings. The summed E-state index contributed by atoms with van der Waals surface area (Å²) in [6.07, 6.45) is 1.11. The summed E-state index contributed by atoms with van der Waals surface area (Å²) >= 11 is 0. The molecule has 0 spiro atoms. The monoisotopic (exact) mass is 262 g/mol.